The van der Waals surface area contributed by atoms with Gasteiger partial charge in [0.1, 0.15) is 0 Å². The number of hydrogen-bond acceptors (Lipinski definition) is 4. The number of carbonyl (C=O) groups is 2. The molecule has 2 aliphatic rings. The average Bonchev–Trinajstić information content (AvgIpc) is 3.18. The number of anilines is 1. The summed E-state index contributed by atoms with van der Waals surface area (Å²) >= 11 is 1.42. The van der Waals surface area contributed by atoms with Gasteiger partial charge in [-0.1, -0.05) is 29.6 Å². The molecule has 23 heavy (non-hydrogen) atoms. The molecule has 1 saturated carbocycles. The Bertz CT molecular complexity index is 841. The average molecular weight is 328 g/mol. The van der Waals surface area contributed by atoms with E-state index >= 15 is 0 Å². The minimum atomic E-state index is -0.887. The SMILES string of the molecule is Cc1ccc2nc(NC(=O)[C@H]3[C@@H](C(=O)O)[C@H]4C=C[C@@H]3C4)sc2c1. The van der Waals surface area contributed by atoms with Crippen LogP contribution in [-0.2, 0) is 9.59 Å². The third-order valence-electron chi connectivity index (χ3n) is 4.82. The van der Waals surface area contributed by atoms with Crippen LogP contribution in [0.2, 0.25) is 0 Å². The van der Waals surface area contributed by atoms with Crippen molar-refractivity contribution < 1.29 is 14.7 Å². The normalized spacial score (nSPS) is 28.4. The highest BCUT2D eigenvalue weighted by atomic mass is 32.1. The lowest BCUT2D eigenvalue weighted by atomic mass is 9.82. The number of fused-ring (bicyclic) bond motifs is 3. The molecule has 0 aliphatic heterocycles. The first-order valence-electron chi connectivity index (χ1n) is 7.62. The van der Waals surface area contributed by atoms with Gasteiger partial charge in [-0.3, -0.25) is 9.59 Å². The van der Waals surface area contributed by atoms with Crippen molar-refractivity contribution in [2.24, 2.45) is 23.7 Å². The van der Waals surface area contributed by atoms with Crippen LogP contribution in [0.3, 0.4) is 0 Å². The molecule has 1 heterocycles. The molecule has 2 aliphatic carbocycles. The van der Waals surface area contributed by atoms with E-state index in [9.17, 15) is 14.7 Å². The lowest BCUT2D eigenvalue weighted by Crippen LogP contribution is -2.36. The highest BCUT2D eigenvalue weighted by molar-refractivity contribution is 7.22. The summed E-state index contributed by atoms with van der Waals surface area (Å²) in [5.41, 5.74) is 1.99. The molecule has 5 nitrogen and oxygen atoms in total. The van der Waals surface area contributed by atoms with Crippen LogP contribution in [0.15, 0.2) is 30.4 Å². The largest absolute Gasteiger partial charge is 0.481 e. The van der Waals surface area contributed by atoms with E-state index < -0.39 is 17.8 Å². The van der Waals surface area contributed by atoms with Crippen molar-refractivity contribution in [1.82, 2.24) is 4.98 Å². The fourth-order valence-electron chi connectivity index (χ4n) is 3.79. The zero-order chi connectivity index (χ0) is 16.1. The summed E-state index contributed by atoms with van der Waals surface area (Å²) in [6, 6.07) is 5.94. The maximum Gasteiger partial charge on any atom is 0.307 e. The van der Waals surface area contributed by atoms with Crippen molar-refractivity contribution in [3.63, 3.8) is 0 Å². The molecule has 1 aromatic carbocycles. The van der Waals surface area contributed by atoms with Crippen LogP contribution in [0.1, 0.15) is 12.0 Å². The molecule has 2 aromatic rings. The van der Waals surface area contributed by atoms with Crippen molar-refractivity contribution in [2.45, 2.75) is 13.3 Å². The first-order chi connectivity index (χ1) is 11.0. The maximum atomic E-state index is 12.6. The molecule has 4 rings (SSSR count). The molecular formula is C17H16N2O3S. The second-order valence-corrected chi connectivity index (χ2v) is 7.35. The van der Waals surface area contributed by atoms with E-state index in [4.69, 9.17) is 0 Å². The van der Waals surface area contributed by atoms with Crippen LogP contribution >= 0.6 is 11.3 Å². The molecule has 1 fully saturated rings. The van der Waals surface area contributed by atoms with Gasteiger partial charge in [0, 0.05) is 0 Å². The Hall–Kier alpha value is -2.21. The summed E-state index contributed by atoms with van der Waals surface area (Å²) in [5, 5.41) is 12.8. The molecule has 0 saturated heterocycles. The minimum absolute atomic E-state index is 0.0220. The number of aliphatic carboxylic acids is 1. The van der Waals surface area contributed by atoms with Crippen LogP contribution in [0.5, 0.6) is 0 Å². The highest BCUT2D eigenvalue weighted by Crippen LogP contribution is 2.48. The fraction of sp³-hybridized carbons (Fsp3) is 0.353. The number of rotatable bonds is 3. The summed E-state index contributed by atoms with van der Waals surface area (Å²) < 4.78 is 1.02. The summed E-state index contributed by atoms with van der Waals surface area (Å²) in [6.45, 7) is 2.01. The minimum Gasteiger partial charge on any atom is -0.481 e. The van der Waals surface area contributed by atoms with E-state index in [1.54, 1.807) is 0 Å². The number of nitrogens with zero attached hydrogens (tertiary/aromatic N) is 1. The third-order valence-corrected chi connectivity index (χ3v) is 5.75. The van der Waals surface area contributed by atoms with Crippen LogP contribution < -0.4 is 5.32 Å². The monoisotopic (exact) mass is 328 g/mol. The molecule has 1 amide bonds. The molecule has 0 radical (unpaired) electrons. The Morgan fingerprint density at radius 2 is 2.00 bits per heavy atom. The van der Waals surface area contributed by atoms with Crippen LogP contribution in [0, 0.1) is 30.6 Å². The summed E-state index contributed by atoms with van der Waals surface area (Å²) in [4.78, 5) is 28.6. The van der Waals surface area contributed by atoms with E-state index in [0.717, 1.165) is 22.2 Å². The quantitative estimate of drug-likeness (QED) is 0.849. The van der Waals surface area contributed by atoms with E-state index in [0.29, 0.717) is 5.13 Å². The lowest BCUT2D eigenvalue weighted by molar-refractivity contribution is -0.146. The Labute approximate surface area is 137 Å². The topological polar surface area (TPSA) is 79.3 Å². The van der Waals surface area contributed by atoms with E-state index in [1.807, 2.05) is 37.3 Å². The molecule has 118 valence electrons. The standard InChI is InChI=1S/C17H16N2O3S/c1-8-2-5-11-12(6-8)23-17(18-11)19-15(20)13-9-3-4-10(7-9)14(13)16(21)22/h2-6,9-10,13-14H,7H2,1H3,(H,21,22)(H,18,19,20)/t9-,10+,13-,14+/m1/s1. The Morgan fingerprint density at radius 1 is 1.26 bits per heavy atom. The third kappa shape index (κ3) is 2.34. The van der Waals surface area contributed by atoms with Gasteiger partial charge in [-0.15, -0.1) is 0 Å². The zero-order valence-corrected chi connectivity index (χ0v) is 13.3. The first-order valence-corrected chi connectivity index (χ1v) is 8.44. The van der Waals surface area contributed by atoms with E-state index in [-0.39, 0.29) is 17.7 Å². The second-order valence-electron chi connectivity index (χ2n) is 6.32. The number of allylic oxidation sites excluding steroid dienone is 2. The predicted molar refractivity (Wildman–Crippen MR) is 88.3 cm³/mol. The number of hydrogen-bond donors (Lipinski definition) is 2. The predicted octanol–water partition coefficient (Wildman–Crippen LogP) is 3.07. The van der Waals surface area contributed by atoms with Gasteiger partial charge in [-0.25, -0.2) is 4.98 Å². The smallest absolute Gasteiger partial charge is 0.307 e. The molecule has 0 unspecified atom stereocenters. The Balaban J connectivity index is 1.59. The maximum absolute atomic E-state index is 12.6. The molecular weight excluding hydrogens is 312 g/mol. The number of amides is 1. The number of carboxylic acid groups (broad SMARTS) is 1. The van der Waals surface area contributed by atoms with Gasteiger partial charge >= 0.3 is 5.97 Å². The van der Waals surface area contributed by atoms with Gasteiger partial charge in [0.15, 0.2) is 5.13 Å². The van der Waals surface area contributed by atoms with E-state index in [1.165, 1.54) is 11.3 Å². The van der Waals surface area contributed by atoms with Crippen molar-refractivity contribution in [3.8, 4) is 0 Å². The molecule has 0 spiro atoms. The second kappa shape index (κ2) is 5.16. The Morgan fingerprint density at radius 3 is 2.74 bits per heavy atom. The van der Waals surface area contributed by atoms with Gasteiger partial charge < -0.3 is 10.4 Å². The molecule has 6 heteroatoms. The van der Waals surface area contributed by atoms with Crippen molar-refractivity contribution >= 4 is 38.6 Å². The van der Waals surface area contributed by atoms with Crippen LogP contribution in [0.4, 0.5) is 5.13 Å². The van der Waals surface area contributed by atoms with E-state index in [2.05, 4.69) is 10.3 Å². The number of aromatic nitrogens is 1. The summed E-state index contributed by atoms with van der Waals surface area (Å²) in [6.07, 6.45) is 4.68. The van der Waals surface area contributed by atoms with Gasteiger partial charge in [0.2, 0.25) is 5.91 Å². The van der Waals surface area contributed by atoms with Crippen molar-refractivity contribution in [3.05, 3.63) is 35.9 Å². The molecule has 2 N–H and O–H groups in total. The molecule has 1 aromatic heterocycles. The Kier molecular flexibility index (Phi) is 3.23. The van der Waals surface area contributed by atoms with Crippen molar-refractivity contribution in [2.75, 3.05) is 5.32 Å². The van der Waals surface area contributed by atoms with Gasteiger partial charge in [-0.05, 0) is 42.9 Å². The number of thiazole rings is 1. The number of carboxylic acids is 1. The van der Waals surface area contributed by atoms with Gasteiger partial charge in [0.05, 0.1) is 22.1 Å². The number of carbonyl (C=O) groups excluding carboxylic acids is 1. The van der Waals surface area contributed by atoms with Gasteiger partial charge in [-0.2, -0.15) is 0 Å². The van der Waals surface area contributed by atoms with Crippen LogP contribution in [0.25, 0.3) is 10.2 Å². The van der Waals surface area contributed by atoms with Crippen LogP contribution in [-0.4, -0.2) is 22.0 Å². The van der Waals surface area contributed by atoms with Gasteiger partial charge in [0.25, 0.3) is 0 Å². The fourth-order valence-corrected chi connectivity index (χ4v) is 4.76. The number of nitrogens with one attached hydrogen (secondary N) is 1. The summed E-state index contributed by atoms with van der Waals surface area (Å²) in [7, 11) is 0. The zero-order valence-electron chi connectivity index (χ0n) is 12.5. The molecule has 2 bridgehead atoms. The molecule has 4 atom stereocenters. The lowest BCUT2D eigenvalue weighted by Gasteiger charge is -2.23. The summed E-state index contributed by atoms with van der Waals surface area (Å²) in [5.74, 6) is -2.24. The number of benzene rings is 1. The van der Waals surface area contributed by atoms with Crippen molar-refractivity contribution in [1.29, 1.82) is 0 Å². The number of aryl methyl sites for hydroxylation is 1. The highest BCUT2D eigenvalue weighted by Gasteiger charge is 2.51. The first kappa shape index (κ1) is 14.4.